The minimum absolute atomic E-state index is 0.269. The van der Waals surface area contributed by atoms with E-state index in [0.717, 1.165) is 10.6 Å². The Labute approximate surface area is 158 Å². The first-order chi connectivity index (χ1) is 12.3. The minimum atomic E-state index is -0.960. The lowest BCUT2D eigenvalue weighted by molar-refractivity contribution is 0.0811. The van der Waals surface area contributed by atoms with Crippen LogP contribution in [0.15, 0.2) is 35.8 Å². The van der Waals surface area contributed by atoms with E-state index in [2.05, 4.69) is 15.3 Å². The van der Waals surface area contributed by atoms with Crippen molar-refractivity contribution in [2.75, 3.05) is 0 Å². The molecule has 3 aromatic rings. The molecule has 0 spiro atoms. The second kappa shape index (κ2) is 7.61. The lowest BCUT2D eigenvalue weighted by atomic mass is 10.0. The highest BCUT2D eigenvalue weighted by atomic mass is 32.1. The Morgan fingerprint density at radius 1 is 1.27 bits per heavy atom. The molecular weight excluding hydrogens is 373 g/mol. The molecule has 8 heteroatoms. The van der Waals surface area contributed by atoms with Crippen LogP contribution in [0.1, 0.15) is 34.8 Å². The fourth-order valence-electron chi connectivity index (χ4n) is 2.33. The van der Waals surface area contributed by atoms with Crippen molar-refractivity contribution < 1.29 is 14.3 Å². The second-order valence-corrected chi connectivity index (χ2v) is 8.40. The third-order valence-electron chi connectivity index (χ3n) is 3.49. The molecule has 3 rings (SSSR count). The molecule has 26 heavy (non-hydrogen) atoms. The number of rotatable bonds is 6. The number of aliphatic hydroxyl groups is 1. The van der Waals surface area contributed by atoms with Crippen molar-refractivity contribution in [2.45, 2.75) is 32.4 Å². The first-order valence-electron chi connectivity index (χ1n) is 7.96. The molecule has 2 heterocycles. The summed E-state index contributed by atoms with van der Waals surface area (Å²) < 4.78 is 13.0. The Morgan fingerprint density at radius 2 is 2.00 bits per heavy atom. The summed E-state index contributed by atoms with van der Waals surface area (Å²) in [5.74, 6) is -0.646. The molecule has 0 fully saturated rings. The van der Waals surface area contributed by atoms with Gasteiger partial charge < -0.3 is 10.4 Å². The molecule has 0 atom stereocenters. The number of carbonyl (C=O) groups is 1. The third-order valence-corrected chi connectivity index (χ3v) is 5.46. The summed E-state index contributed by atoms with van der Waals surface area (Å²) in [6, 6.07) is 5.94. The number of hydrogen-bond acceptors (Lipinski definition) is 6. The largest absolute Gasteiger partial charge is 0.390 e. The monoisotopic (exact) mass is 391 g/mol. The lowest BCUT2D eigenvalue weighted by Gasteiger charge is -2.16. The van der Waals surface area contributed by atoms with Crippen molar-refractivity contribution in [3.05, 3.63) is 57.8 Å². The normalized spacial score (nSPS) is 11.5. The Morgan fingerprint density at radius 3 is 2.62 bits per heavy atom. The summed E-state index contributed by atoms with van der Waals surface area (Å²) in [5.41, 5.74) is 0.127. The van der Waals surface area contributed by atoms with Crippen LogP contribution < -0.4 is 5.32 Å². The van der Waals surface area contributed by atoms with Crippen LogP contribution in [0.25, 0.3) is 10.0 Å². The molecule has 0 aliphatic carbocycles. The van der Waals surface area contributed by atoms with Crippen LogP contribution in [0.5, 0.6) is 0 Å². The topological polar surface area (TPSA) is 75.1 Å². The zero-order chi connectivity index (χ0) is 18.7. The summed E-state index contributed by atoms with van der Waals surface area (Å²) in [6.07, 6.45) is 2.00. The van der Waals surface area contributed by atoms with Gasteiger partial charge in [0.05, 0.1) is 5.60 Å². The Balaban J connectivity index is 1.81. The van der Waals surface area contributed by atoms with E-state index in [0.29, 0.717) is 22.0 Å². The molecule has 1 aromatic carbocycles. The van der Waals surface area contributed by atoms with Crippen LogP contribution in [0.2, 0.25) is 0 Å². The van der Waals surface area contributed by atoms with E-state index < -0.39 is 5.60 Å². The van der Waals surface area contributed by atoms with Gasteiger partial charge in [-0.15, -0.1) is 22.7 Å². The zero-order valence-electron chi connectivity index (χ0n) is 14.3. The van der Waals surface area contributed by atoms with Crippen LogP contribution >= 0.6 is 22.7 Å². The molecular formula is C18H18FN3O2S2. The van der Waals surface area contributed by atoms with E-state index in [9.17, 15) is 14.3 Å². The maximum Gasteiger partial charge on any atom is 0.271 e. The molecule has 0 unspecified atom stereocenters. The predicted octanol–water partition coefficient (Wildman–Crippen LogP) is 3.65. The molecule has 0 aliphatic heterocycles. The molecule has 0 saturated carbocycles. The van der Waals surface area contributed by atoms with Crippen molar-refractivity contribution in [2.24, 2.45) is 0 Å². The number of hydrogen-bond donors (Lipinski definition) is 2. The van der Waals surface area contributed by atoms with E-state index in [1.165, 1.54) is 34.8 Å². The second-order valence-electron chi connectivity index (χ2n) is 6.43. The molecule has 5 nitrogen and oxygen atoms in total. The van der Waals surface area contributed by atoms with Crippen LogP contribution in [0.3, 0.4) is 0 Å². The van der Waals surface area contributed by atoms with Gasteiger partial charge in [-0.1, -0.05) is 12.1 Å². The fraction of sp³-hybridized carbons (Fsp3) is 0.278. The number of nitrogens with one attached hydrogen (secondary N) is 1. The minimum Gasteiger partial charge on any atom is -0.390 e. The molecule has 0 bridgehead atoms. The molecule has 136 valence electrons. The molecule has 0 radical (unpaired) electrons. The predicted molar refractivity (Wildman–Crippen MR) is 101 cm³/mol. The number of amides is 1. The number of nitrogens with zero attached hydrogens (tertiary/aromatic N) is 2. The van der Waals surface area contributed by atoms with Gasteiger partial charge in [-0.2, -0.15) is 0 Å². The fourth-order valence-corrected chi connectivity index (χ4v) is 4.29. The number of aromatic nitrogens is 2. The molecule has 0 saturated heterocycles. The smallest absolute Gasteiger partial charge is 0.271 e. The standard InChI is InChI=1S/C18H18FN3O2S2/c1-18(2,24)9-13-14(22-17(26-13)16-20-7-8-25-16)15(23)21-10-11-3-5-12(19)6-4-11/h3-8,24H,9-10H2,1-2H3,(H,21,23). The quantitative estimate of drug-likeness (QED) is 0.673. The van der Waals surface area contributed by atoms with E-state index in [4.69, 9.17) is 0 Å². The van der Waals surface area contributed by atoms with Crippen molar-refractivity contribution in [3.63, 3.8) is 0 Å². The lowest BCUT2D eigenvalue weighted by Crippen LogP contribution is -2.27. The summed E-state index contributed by atoms with van der Waals surface area (Å²) >= 11 is 2.81. The van der Waals surface area contributed by atoms with Crippen LogP contribution in [0, 0.1) is 5.82 Å². The average molecular weight is 391 g/mol. The highest BCUT2D eigenvalue weighted by Gasteiger charge is 2.24. The number of halogens is 1. The molecule has 2 aromatic heterocycles. The van der Waals surface area contributed by atoms with Gasteiger partial charge in [0.2, 0.25) is 0 Å². The third kappa shape index (κ3) is 4.72. The van der Waals surface area contributed by atoms with Crippen LogP contribution in [-0.2, 0) is 13.0 Å². The van der Waals surface area contributed by atoms with Crippen molar-refractivity contribution in [1.29, 1.82) is 0 Å². The Hall–Kier alpha value is -2.16. The first kappa shape index (κ1) is 18.6. The SMILES string of the molecule is CC(C)(O)Cc1sc(-c2nccs2)nc1C(=O)NCc1ccc(F)cc1. The van der Waals surface area contributed by atoms with Crippen molar-refractivity contribution in [1.82, 2.24) is 15.3 Å². The maximum absolute atomic E-state index is 13.0. The van der Waals surface area contributed by atoms with E-state index in [-0.39, 0.29) is 18.3 Å². The molecule has 2 N–H and O–H groups in total. The first-order valence-corrected chi connectivity index (χ1v) is 9.66. The summed E-state index contributed by atoms with van der Waals surface area (Å²) in [4.78, 5) is 22.0. The number of carbonyl (C=O) groups excluding carboxylic acids is 1. The molecule has 0 aliphatic rings. The Bertz CT molecular complexity index is 884. The van der Waals surface area contributed by atoms with Crippen molar-refractivity contribution in [3.8, 4) is 10.0 Å². The van der Waals surface area contributed by atoms with Gasteiger partial charge in [0.25, 0.3) is 5.91 Å². The highest BCUT2D eigenvalue weighted by Crippen LogP contribution is 2.31. The number of benzene rings is 1. The zero-order valence-corrected chi connectivity index (χ0v) is 16.0. The van der Waals surface area contributed by atoms with Gasteiger partial charge in [0, 0.05) is 29.4 Å². The van der Waals surface area contributed by atoms with E-state index in [1.54, 1.807) is 32.2 Å². The van der Waals surface area contributed by atoms with E-state index >= 15 is 0 Å². The van der Waals surface area contributed by atoms with Gasteiger partial charge in [0.15, 0.2) is 10.0 Å². The van der Waals surface area contributed by atoms with Crippen molar-refractivity contribution >= 4 is 28.6 Å². The molecule has 1 amide bonds. The highest BCUT2D eigenvalue weighted by molar-refractivity contribution is 7.20. The van der Waals surface area contributed by atoms with Crippen LogP contribution in [-0.4, -0.2) is 26.6 Å². The van der Waals surface area contributed by atoms with Gasteiger partial charge in [-0.3, -0.25) is 4.79 Å². The number of thiazole rings is 2. The summed E-state index contributed by atoms with van der Waals surface area (Å²) in [5, 5.41) is 16.2. The summed E-state index contributed by atoms with van der Waals surface area (Å²) in [7, 11) is 0. The maximum atomic E-state index is 13.0. The van der Waals surface area contributed by atoms with Crippen LogP contribution in [0.4, 0.5) is 4.39 Å². The van der Waals surface area contributed by atoms with Gasteiger partial charge in [0.1, 0.15) is 11.5 Å². The van der Waals surface area contributed by atoms with E-state index in [1.807, 2.05) is 5.38 Å². The summed E-state index contributed by atoms with van der Waals surface area (Å²) in [6.45, 7) is 3.65. The van der Waals surface area contributed by atoms with Gasteiger partial charge in [-0.25, -0.2) is 14.4 Å². The average Bonchev–Trinajstić information content (AvgIpc) is 3.22. The van der Waals surface area contributed by atoms with Gasteiger partial charge >= 0.3 is 0 Å². The Kier molecular flexibility index (Phi) is 5.45. The van der Waals surface area contributed by atoms with Gasteiger partial charge in [-0.05, 0) is 31.5 Å².